The van der Waals surface area contributed by atoms with Crippen LogP contribution in [0.2, 0.25) is 0 Å². The number of para-hydroxylation sites is 1. The Balaban J connectivity index is 1.29. The van der Waals surface area contributed by atoms with Gasteiger partial charge in [-0.05, 0) is 62.1 Å². The molecule has 5 aromatic carbocycles. The second kappa shape index (κ2) is 23.0. The van der Waals surface area contributed by atoms with Crippen LogP contribution in [0.4, 0.5) is 0 Å². The third-order valence-corrected chi connectivity index (χ3v) is 12.0. The Morgan fingerprint density at radius 2 is 0.879 bits per heavy atom. The zero-order chi connectivity index (χ0) is 47.2. The van der Waals surface area contributed by atoms with Crippen molar-refractivity contribution in [2.75, 3.05) is 32.7 Å². The molecule has 0 fully saturated rings. The molecule has 0 saturated carbocycles. The first-order valence-electron chi connectivity index (χ1n) is 22.0. The van der Waals surface area contributed by atoms with Gasteiger partial charge in [0, 0.05) is 11.9 Å². The highest BCUT2D eigenvalue weighted by Crippen LogP contribution is 2.28. The lowest BCUT2D eigenvalue weighted by atomic mass is 10.0. The van der Waals surface area contributed by atoms with Crippen molar-refractivity contribution in [2.45, 2.75) is 58.4 Å². The number of pyridine rings is 1. The Kier molecular flexibility index (Phi) is 16.7. The number of nitrogens with zero attached hydrogens (tertiary/aromatic N) is 5. The molecule has 5 amide bonds. The summed E-state index contributed by atoms with van der Waals surface area (Å²) in [6, 6.07) is 44.1. The molecule has 66 heavy (non-hydrogen) atoms. The summed E-state index contributed by atoms with van der Waals surface area (Å²) in [7, 11) is 0. The van der Waals surface area contributed by atoms with E-state index in [1.807, 2.05) is 166 Å². The number of nitrogens with one attached hydrogen (secondary N) is 1. The molecule has 14 heteroatoms. The van der Waals surface area contributed by atoms with Gasteiger partial charge in [-0.25, -0.2) is 4.98 Å². The Hall–Kier alpha value is -7.42. The number of fused-ring (bicyclic) bond motifs is 1. The van der Waals surface area contributed by atoms with E-state index in [0.717, 1.165) is 27.6 Å². The van der Waals surface area contributed by atoms with Gasteiger partial charge in [0.25, 0.3) is 0 Å². The van der Waals surface area contributed by atoms with Gasteiger partial charge in [-0.1, -0.05) is 140 Å². The zero-order valence-corrected chi connectivity index (χ0v) is 37.8. The third kappa shape index (κ3) is 12.2. The molecule has 0 aliphatic heterocycles. The van der Waals surface area contributed by atoms with E-state index in [4.69, 9.17) is 21.5 Å². The number of benzene rings is 5. The van der Waals surface area contributed by atoms with Gasteiger partial charge < -0.3 is 35.5 Å². The summed E-state index contributed by atoms with van der Waals surface area (Å²) in [6.45, 7) is 5.87. The first kappa shape index (κ1) is 48.0. The number of nitrogens with two attached hydrogens (primary N) is 2. The van der Waals surface area contributed by atoms with E-state index < -0.39 is 60.9 Å². The first-order chi connectivity index (χ1) is 31.9. The number of primary amides is 1. The van der Waals surface area contributed by atoms with E-state index in [1.165, 1.54) is 19.6 Å². The maximum absolute atomic E-state index is 15.0. The molecule has 1 heterocycles. The molecule has 5 N–H and O–H groups in total. The van der Waals surface area contributed by atoms with Crippen LogP contribution in [0.25, 0.3) is 10.9 Å². The van der Waals surface area contributed by atoms with Gasteiger partial charge in [0.1, 0.15) is 25.2 Å². The number of hydrogen-bond acceptors (Lipinski definition) is 9. The van der Waals surface area contributed by atoms with Gasteiger partial charge in [0.15, 0.2) is 5.75 Å². The predicted molar refractivity (Wildman–Crippen MR) is 254 cm³/mol. The van der Waals surface area contributed by atoms with Crippen LogP contribution in [0.5, 0.6) is 5.75 Å². The van der Waals surface area contributed by atoms with Crippen molar-refractivity contribution < 1.29 is 28.8 Å². The molecule has 0 unspecified atom stereocenters. The molecule has 342 valence electrons. The number of rotatable bonds is 21. The fraction of sp³-hybridized carbons (Fsp3) is 0.269. The smallest absolute Gasteiger partial charge is 0.243 e. The summed E-state index contributed by atoms with van der Waals surface area (Å²) >= 11 is 0. The van der Waals surface area contributed by atoms with Crippen molar-refractivity contribution in [3.8, 4) is 5.75 Å². The quantitative estimate of drug-likeness (QED) is 0.0687. The maximum atomic E-state index is 15.0. The lowest BCUT2D eigenvalue weighted by Crippen LogP contribution is -2.52. The van der Waals surface area contributed by atoms with Gasteiger partial charge >= 0.3 is 0 Å². The predicted octanol–water partition coefficient (Wildman–Crippen LogP) is 6.42. The van der Waals surface area contributed by atoms with E-state index in [1.54, 1.807) is 13.0 Å². The van der Waals surface area contributed by atoms with Gasteiger partial charge in [-0.15, -0.1) is 0 Å². The third-order valence-electron chi connectivity index (χ3n) is 12.0. The second-order valence-electron chi connectivity index (χ2n) is 16.3. The summed E-state index contributed by atoms with van der Waals surface area (Å²) in [5, 5.41) is 4.04. The van der Waals surface area contributed by atoms with Crippen LogP contribution in [-0.4, -0.2) is 86.8 Å². The van der Waals surface area contributed by atoms with Crippen LogP contribution >= 0.6 is 0 Å². The minimum atomic E-state index is -0.700. The number of aromatic nitrogens is 1. The van der Waals surface area contributed by atoms with Crippen LogP contribution < -0.4 is 21.8 Å². The SMILES string of the molecule is C[C@@H](c1ccccc1)N(CC(N)=O)C(=O)CN(C(=O)CN(C(=O)CN(C(=O)CNCc1ccc2cccc(ON)c2n1)[C@@H](C)c1ccccc1)[C@@H](C)c1ccccc1)[C@@H](C)c1ccccc1. The van der Waals surface area contributed by atoms with Crippen LogP contribution in [0.15, 0.2) is 152 Å². The van der Waals surface area contributed by atoms with E-state index in [9.17, 15) is 24.0 Å². The molecule has 4 atom stereocenters. The summed E-state index contributed by atoms with van der Waals surface area (Å²) in [5.74, 6) is 3.38. The number of amides is 5. The zero-order valence-electron chi connectivity index (χ0n) is 37.8. The van der Waals surface area contributed by atoms with E-state index in [0.29, 0.717) is 17.0 Å². The first-order valence-corrected chi connectivity index (χ1v) is 22.0. The maximum Gasteiger partial charge on any atom is 0.243 e. The largest absolute Gasteiger partial charge is 0.409 e. The molecule has 0 saturated heterocycles. The van der Waals surface area contributed by atoms with Crippen molar-refractivity contribution in [1.82, 2.24) is 29.9 Å². The molecule has 0 radical (unpaired) electrons. The lowest BCUT2D eigenvalue weighted by Gasteiger charge is -2.37. The van der Waals surface area contributed by atoms with Crippen molar-refractivity contribution in [2.24, 2.45) is 11.6 Å². The molecule has 0 bridgehead atoms. The summed E-state index contributed by atoms with van der Waals surface area (Å²) in [5.41, 5.74) is 10.0. The Morgan fingerprint density at radius 3 is 1.26 bits per heavy atom. The van der Waals surface area contributed by atoms with Crippen molar-refractivity contribution in [3.05, 3.63) is 180 Å². The average molecular weight is 891 g/mol. The van der Waals surface area contributed by atoms with Crippen LogP contribution in [0.3, 0.4) is 0 Å². The van der Waals surface area contributed by atoms with Crippen LogP contribution in [0, 0.1) is 0 Å². The summed E-state index contributed by atoms with van der Waals surface area (Å²) < 4.78 is 0. The number of carbonyl (C=O) groups excluding carboxylic acids is 5. The highest BCUT2D eigenvalue weighted by molar-refractivity contribution is 5.92. The molecule has 0 aliphatic rings. The fourth-order valence-corrected chi connectivity index (χ4v) is 8.04. The number of hydrogen-bond donors (Lipinski definition) is 3. The van der Waals surface area contributed by atoms with E-state index >= 15 is 0 Å². The Labute approximate surface area is 386 Å². The highest BCUT2D eigenvalue weighted by Gasteiger charge is 2.34. The average Bonchev–Trinajstić information content (AvgIpc) is 3.35. The fourth-order valence-electron chi connectivity index (χ4n) is 8.04. The Morgan fingerprint density at radius 1 is 0.500 bits per heavy atom. The van der Waals surface area contributed by atoms with Crippen molar-refractivity contribution in [3.63, 3.8) is 0 Å². The molecule has 6 rings (SSSR count). The van der Waals surface area contributed by atoms with E-state index in [-0.39, 0.29) is 32.1 Å². The Bertz CT molecular complexity index is 2570. The monoisotopic (exact) mass is 890 g/mol. The van der Waals surface area contributed by atoms with Crippen molar-refractivity contribution >= 4 is 40.4 Å². The van der Waals surface area contributed by atoms with Crippen LogP contribution in [0.1, 0.15) is 79.8 Å². The minimum absolute atomic E-state index is 0.125. The summed E-state index contributed by atoms with van der Waals surface area (Å²) in [6.07, 6.45) is 0. The van der Waals surface area contributed by atoms with Gasteiger partial charge in [-0.2, -0.15) is 5.90 Å². The van der Waals surface area contributed by atoms with Gasteiger partial charge in [0.2, 0.25) is 29.5 Å². The van der Waals surface area contributed by atoms with Crippen LogP contribution in [-0.2, 0) is 30.5 Å². The number of carbonyl (C=O) groups is 5. The minimum Gasteiger partial charge on any atom is -0.409 e. The molecule has 1 aromatic heterocycles. The molecule has 14 nitrogen and oxygen atoms in total. The molecular weight excluding hydrogens is 833 g/mol. The molecule has 0 aliphatic carbocycles. The van der Waals surface area contributed by atoms with Gasteiger partial charge in [-0.3, -0.25) is 24.0 Å². The second-order valence-corrected chi connectivity index (χ2v) is 16.3. The topological polar surface area (TPSA) is 184 Å². The van der Waals surface area contributed by atoms with Crippen molar-refractivity contribution in [1.29, 1.82) is 0 Å². The highest BCUT2D eigenvalue weighted by atomic mass is 16.6. The van der Waals surface area contributed by atoms with E-state index in [2.05, 4.69) is 5.32 Å². The molecular formula is C52H58N8O6. The normalized spacial score (nSPS) is 12.9. The molecule has 0 spiro atoms. The van der Waals surface area contributed by atoms with Gasteiger partial charge in [0.05, 0.1) is 43.0 Å². The standard InChI is InChI=1S/C52H58N8O6/c1-36(40-18-9-5-10-19-40)57(32-47(53)61)49(63)34-59(38(3)42-22-13-7-14-23-42)51(65)35-60(39(4)43-24-15-8-16-25-43)50(64)33-58(37(2)41-20-11-6-12-21-41)48(62)31-55-30-45-29-28-44-26-17-27-46(66-54)52(44)56-45/h5-29,36-39,55H,30-35,54H2,1-4H3,(H2,53,61)/t36-,37-,38-,39-/m0/s1. The lowest BCUT2D eigenvalue weighted by molar-refractivity contribution is -0.150. The summed E-state index contributed by atoms with van der Waals surface area (Å²) in [4.78, 5) is 86.5. The molecule has 6 aromatic rings.